The normalized spacial score (nSPS) is 17.4. The minimum absolute atomic E-state index is 0.295. The molecule has 1 saturated heterocycles. The first-order valence-electron chi connectivity index (χ1n) is 7.66. The lowest BCUT2D eigenvalue weighted by Crippen LogP contribution is -2.38. The van der Waals surface area contributed by atoms with Crippen LogP contribution in [0.25, 0.3) is 0 Å². The van der Waals surface area contributed by atoms with Gasteiger partial charge in [-0.15, -0.1) is 10.2 Å². The number of hydrazine groups is 1. The number of hydrogen-bond donors (Lipinski definition) is 3. The molecule has 1 atom stereocenters. The lowest BCUT2D eigenvalue weighted by atomic mass is 10.2. The maximum absolute atomic E-state index is 12.9. The third kappa shape index (κ3) is 4.54. The summed E-state index contributed by atoms with van der Waals surface area (Å²) in [5.74, 6) is -0.684. The van der Waals surface area contributed by atoms with Crippen molar-refractivity contribution in [2.75, 3.05) is 25.5 Å². The summed E-state index contributed by atoms with van der Waals surface area (Å²) in [7, 11) is 2.01. The van der Waals surface area contributed by atoms with Crippen molar-refractivity contribution in [3.05, 3.63) is 40.1 Å². The second-order valence-electron chi connectivity index (χ2n) is 5.72. The molecule has 1 aromatic carbocycles. The number of rotatable bonds is 6. The predicted molar refractivity (Wildman–Crippen MR) is 90.1 cm³/mol. The first-order valence-corrected chi connectivity index (χ1v) is 8.48. The molecule has 24 heavy (non-hydrogen) atoms. The molecule has 0 spiro atoms. The first-order chi connectivity index (χ1) is 11.6. The topological polar surface area (TPSA) is 82.2 Å². The average Bonchev–Trinajstić information content (AvgIpc) is 3.21. The maximum Gasteiger partial charge on any atom is 0.286 e. The molecule has 7 nitrogen and oxygen atoms in total. The third-order valence-corrected chi connectivity index (χ3v) is 4.53. The van der Waals surface area contributed by atoms with E-state index in [9.17, 15) is 9.18 Å². The highest BCUT2D eigenvalue weighted by Crippen LogP contribution is 2.15. The SMILES string of the molecule is CN(Cc1nnc(C(=O)Nc2ccc(F)cc2)s1)CC1CCNN1. The van der Waals surface area contributed by atoms with E-state index in [1.807, 2.05) is 7.05 Å². The molecule has 2 aromatic rings. The Labute approximate surface area is 143 Å². The van der Waals surface area contributed by atoms with Crippen LogP contribution < -0.4 is 16.2 Å². The van der Waals surface area contributed by atoms with Crippen LogP contribution >= 0.6 is 11.3 Å². The van der Waals surface area contributed by atoms with Gasteiger partial charge in [0, 0.05) is 24.8 Å². The van der Waals surface area contributed by atoms with Crippen LogP contribution in [0.1, 0.15) is 21.2 Å². The van der Waals surface area contributed by atoms with Crippen molar-refractivity contribution < 1.29 is 9.18 Å². The van der Waals surface area contributed by atoms with Crippen molar-refractivity contribution in [3.8, 4) is 0 Å². The van der Waals surface area contributed by atoms with E-state index >= 15 is 0 Å². The molecule has 1 aliphatic rings. The van der Waals surface area contributed by atoms with Crippen LogP contribution in [0.4, 0.5) is 10.1 Å². The molecule has 2 heterocycles. The second kappa shape index (κ2) is 7.75. The molecule has 1 amide bonds. The van der Waals surface area contributed by atoms with E-state index in [1.165, 1.54) is 35.6 Å². The zero-order chi connectivity index (χ0) is 16.9. The van der Waals surface area contributed by atoms with Gasteiger partial charge < -0.3 is 5.32 Å². The van der Waals surface area contributed by atoms with E-state index in [0.717, 1.165) is 24.5 Å². The number of aromatic nitrogens is 2. The molecule has 1 aromatic heterocycles. The Kier molecular flexibility index (Phi) is 5.46. The van der Waals surface area contributed by atoms with Gasteiger partial charge in [0.05, 0.1) is 6.54 Å². The van der Waals surface area contributed by atoms with E-state index in [0.29, 0.717) is 23.3 Å². The van der Waals surface area contributed by atoms with Crippen LogP contribution in [0.5, 0.6) is 0 Å². The Morgan fingerprint density at radius 3 is 2.92 bits per heavy atom. The molecule has 9 heteroatoms. The molecule has 128 valence electrons. The minimum atomic E-state index is -0.346. The molecule has 0 radical (unpaired) electrons. The summed E-state index contributed by atoms with van der Waals surface area (Å²) >= 11 is 1.26. The molecule has 0 saturated carbocycles. The Hall–Kier alpha value is -1.94. The van der Waals surface area contributed by atoms with Gasteiger partial charge in [-0.05, 0) is 37.7 Å². The Balaban J connectivity index is 1.54. The van der Waals surface area contributed by atoms with E-state index < -0.39 is 0 Å². The standard InChI is InChI=1S/C15H19FN6OS/c1-22(8-12-6-7-17-19-12)9-13-20-21-15(24-13)14(23)18-11-4-2-10(16)3-5-11/h2-5,12,17,19H,6-9H2,1H3,(H,18,23). The molecular formula is C15H19FN6OS. The van der Waals surface area contributed by atoms with Crippen LogP contribution in [-0.4, -0.2) is 47.2 Å². The fraction of sp³-hybridized carbons (Fsp3) is 0.400. The number of amides is 1. The zero-order valence-corrected chi connectivity index (χ0v) is 14.1. The summed E-state index contributed by atoms with van der Waals surface area (Å²) in [4.78, 5) is 14.3. The van der Waals surface area contributed by atoms with Crippen molar-refractivity contribution >= 4 is 22.9 Å². The number of anilines is 1. The fourth-order valence-electron chi connectivity index (χ4n) is 2.47. The van der Waals surface area contributed by atoms with E-state index in [4.69, 9.17) is 0 Å². The van der Waals surface area contributed by atoms with Gasteiger partial charge in [-0.3, -0.25) is 20.5 Å². The van der Waals surface area contributed by atoms with Gasteiger partial charge >= 0.3 is 0 Å². The molecule has 1 aliphatic heterocycles. The summed E-state index contributed by atoms with van der Waals surface area (Å²) in [6, 6.07) is 6.02. The first kappa shape index (κ1) is 16.9. The summed E-state index contributed by atoms with van der Waals surface area (Å²) < 4.78 is 12.9. The predicted octanol–water partition coefficient (Wildman–Crippen LogP) is 1.23. The number of benzene rings is 1. The molecule has 0 aliphatic carbocycles. The monoisotopic (exact) mass is 350 g/mol. The van der Waals surface area contributed by atoms with Crippen LogP contribution in [0.15, 0.2) is 24.3 Å². The third-order valence-electron chi connectivity index (χ3n) is 3.62. The number of carbonyl (C=O) groups excluding carboxylic acids is 1. The number of carbonyl (C=O) groups is 1. The van der Waals surface area contributed by atoms with Crippen LogP contribution in [0, 0.1) is 5.82 Å². The highest BCUT2D eigenvalue weighted by Gasteiger charge is 2.18. The summed E-state index contributed by atoms with van der Waals surface area (Å²) in [5, 5.41) is 11.8. The van der Waals surface area contributed by atoms with E-state index in [2.05, 4.69) is 31.3 Å². The molecule has 0 bridgehead atoms. The molecule has 1 fully saturated rings. The smallest absolute Gasteiger partial charge is 0.286 e. The van der Waals surface area contributed by atoms with Gasteiger partial charge in [0.2, 0.25) is 5.01 Å². The Bertz CT molecular complexity index is 686. The molecule has 1 unspecified atom stereocenters. The van der Waals surface area contributed by atoms with Crippen molar-refractivity contribution in [2.45, 2.75) is 19.0 Å². The van der Waals surface area contributed by atoms with Gasteiger partial charge in [-0.1, -0.05) is 11.3 Å². The number of halogens is 1. The number of likely N-dealkylation sites (N-methyl/N-ethyl adjacent to an activating group) is 1. The van der Waals surface area contributed by atoms with Crippen molar-refractivity contribution in [3.63, 3.8) is 0 Å². The summed E-state index contributed by atoms with van der Waals surface area (Å²) in [6.07, 6.45) is 1.09. The largest absolute Gasteiger partial charge is 0.320 e. The van der Waals surface area contributed by atoms with Gasteiger partial charge in [0.25, 0.3) is 5.91 Å². The van der Waals surface area contributed by atoms with E-state index in [1.54, 1.807) is 0 Å². The maximum atomic E-state index is 12.9. The fourth-order valence-corrected chi connectivity index (χ4v) is 3.29. The van der Waals surface area contributed by atoms with Crippen molar-refractivity contribution in [2.24, 2.45) is 0 Å². The van der Waals surface area contributed by atoms with Gasteiger partial charge in [-0.25, -0.2) is 4.39 Å². The molecular weight excluding hydrogens is 331 g/mol. The number of nitrogens with one attached hydrogen (secondary N) is 3. The molecule has 3 rings (SSSR count). The molecule has 3 N–H and O–H groups in total. The number of nitrogens with zero attached hydrogens (tertiary/aromatic N) is 3. The quantitative estimate of drug-likeness (QED) is 0.727. The highest BCUT2D eigenvalue weighted by molar-refractivity contribution is 7.13. The second-order valence-corrected chi connectivity index (χ2v) is 6.78. The van der Waals surface area contributed by atoms with Crippen molar-refractivity contribution in [1.82, 2.24) is 25.9 Å². The van der Waals surface area contributed by atoms with Crippen LogP contribution in [0.3, 0.4) is 0 Å². The van der Waals surface area contributed by atoms with Gasteiger partial charge in [0.15, 0.2) is 0 Å². The van der Waals surface area contributed by atoms with Crippen LogP contribution in [0.2, 0.25) is 0 Å². The van der Waals surface area contributed by atoms with Gasteiger partial charge in [-0.2, -0.15) is 0 Å². The summed E-state index contributed by atoms with van der Waals surface area (Å²) in [6.45, 7) is 2.51. The Morgan fingerprint density at radius 2 is 2.21 bits per heavy atom. The zero-order valence-electron chi connectivity index (χ0n) is 13.3. The lowest BCUT2D eigenvalue weighted by Gasteiger charge is -2.18. The average molecular weight is 350 g/mol. The minimum Gasteiger partial charge on any atom is -0.320 e. The highest BCUT2D eigenvalue weighted by atomic mass is 32.1. The van der Waals surface area contributed by atoms with Crippen LogP contribution in [-0.2, 0) is 6.54 Å². The summed E-state index contributed by atoms with van der Waals surface area (Å²) in [5.41, 5.74) is 6.84. The number of hydrogen-bond acceptors (Lipinski definition) is 7. The lowest BCUT2D eigenvalue weighted by molar-refractivity contribution is 0.102. The van der Waals surface area contributed by atoms with Gasteiger partial charge in [0.1, 0.15) is 10.8 Å². The van der Waals surface area contributed by atoms with Crippen molar-refractivity contribution in [1.29, 1.82) is 0 Å². The Morgan fingerprint density at radius 1 is 1.42 bits per heavy atom. The van der Waals surface area contributed by atoms with E-state index in [-0.39, 0.29) is 11.7 Å².